The molecule has 3 N–H and O–H groups in total. The first kappa shape index (κ1) is 14.7. The second kappa shape index (κ2) is 6.02. The van der Waals surface area contributed by atoms with Crippen molar-refractivity contribution in [2.75, 3.05) is 7.11 Å². The SMILES string of the molecule is COc1c(Cl)cc(F)c(C)c1C(N)CCC(=O)O. The molecular weight excluding hydrogens is 261 g/mol. The third-order valence-electron chi connectivity index (χ3n) is 2.72. The predicted molar refractivity (Wildman–Crippen MR) is 66.5 cm³/mol. The number of halogens is 2. The van der Waals surface area contributed by atoms with Gasteiger partial charge in [0.2, 0.25) is 0 Å². The van der Waals surface area contributed by atoms with E-state index in [0.29, 0.717) is 16.9 Å². The maximum atomic E-state index is 13.6. The lowest BCUT2D eigenvalue weighted by Crippen LogP contribution is -2.16. The molecule has 0 heterocycles. The van der Waals surface area contributed by atoms with Crippen molar-refractivity contribution in [2.24, 2.45) is 5.73 Å². The standard InChI is InChI=1S/C12H15ClFNO3/c1-6-8(14)5-7(13)12(18-2)11(6)9(15)3-4-10(16)17/h5,9H,3-4,15H2,1-2H3,(H,16,17). The van der Waals surface area contributed by atoms with Gasteiger partial charge in [0, 0.05) is 18.0 Å². The van der Waals surface area contributed by atoms with Crippen LogP contribution in [0.25, 0.3) is 0 Å². The number of carboxylic acids is 1. The summed E-state index contributed by atoms with van der Waals surface area (Å²) in [6.45, 7) is 1.56. The quantitative estimate of drug-likeness (QED) is 0.866. The fourth-order valence-corrected chi connectivity index (χ4v) is 2.06. The van der Waals surface area contributed by atoms with Gasteiger partial charge in [0.1, 0.15) is 11.6 Å². The number of carboxylic acid groups (broad SMARTS) is 1. The number of ether oxygens (including phenoxy) is 1. The Hall–Kier alpha value is -1.33. The van der Waals surface area contributed by atoms with Gasteiger partial charge in [0.15, 0.2) is 0 Å². The Balaban J connectivity index is 3.16. The van der Waals surface area contributed by atoms with Gasteiger partial charge in [-0.15, -0.1) is 0 Å². The molecule has 0 saturated carbocycles. The molecule has 1 atom stereocenters. The first-order chi connectivity index (χ1) is 8.38. The summed E-state index contributed by atoms with van der Waals surface area (Å²) in [5.74, 6) is -1.14. The largest absolute Gasteiger partial charge is 0.495 e. The number of hydrogen-bond acceptors (Lipinski definition) is 3. The van der Waals surface area contributed by atoms with Crippen molar-refractivity contribution < 1.29 is 19.0 Å². The van der Waals surface area contributed by atoms with Crippen LogP contribution < -0.4 is 10.5 Å². The average Bonchev–Trinajstić information content (AvgIpc) is 2.30. The average molecular weight is 276 g/mol. The van der Waals surface area contributed by atoms with Gasteiger partial charge in [0.25, 0.3) is 0 Å². The molecular formula is C12H15ClFNO3. The molecule has 0 spiro atoms. The maximum absolute atomic E-state index is 13.6. The first-order valence-electron chi connectivity index (χ1n) is 5.38. The Morgan fingerprint density at radius 3 is 2.78 bits per heavy atom. The molecule has 100 valence electrons. The van der Waals surface area contributed by atoms with Gasteiger partial charge < -0.3 is 15.6 Å². The highest BCUT2D eigenvalue weighted by molar-refractivity contribution is 6.32. The van der Waals surface area contributed by atoms with Crippen LogP contribution in [-0.2, 0) is 4.79 Å². The van der Waals surface area contributed by atoms with E-state index >= 15 is 0 Å². The van der Waals surface area contributed by atoms with Crippen molar-refractivity contribution in [3.63, 3.8) is 0 Å². The summed E-state index contributed by atoms with van der Waals surface area (Å²) < 4.78 is 18.7. The zero-order chi connectivity index (χ0) is 13.9. The fourth-order valence-electron chi connectivity index (χ4n) is 1.79. The zero-order valence-corrected chi connectivity index (χ0v) is 10.9. The molecule has 0 saturated heterocycles. The van der Waals surface area contributed by atoms with Gasteiger partial charge in [-0.25, -0.2) is 4.39 Å². The van der Waals surface area contributed by atoms with E-state index < -0.39 is 17.8 Å². The molecule has 0 aromatic heterocycles. The second-order valence-electron chi connectivity index (χ2n) is 3.95. The van der Waals surface area contributed by atoms with E-state index in [2.05, 4.69) is 0 Å². The molecule has 1 unspecified atom stereocenters. The van der Waals surface area contributed by atoms with Crippen LogP contribution in [0.4, 0.5) is 4.39 Å². The topological polar surface area (TPSA) is 72.5 Å². The van der Waals surface area contributed by atoms with Crippen LogP contribution >= 0.6 is 11.6 Å². The monoisotopic (exact) mass is 275 g/mol. The summed E-state index contributed by atoms with van der Waals surface area (Å²) in [6.07, 6.45) is 0.0875. The van der Waals surface area contributed by atoms with E-state index in [9.17, 15) is 9.18 Å². The van der Waals surface area contributed by atoms with Crippen LogP contribution in [0.15, 0.2) is 6.07 Å². The van der Waals surface area contributed by atoms with Gasteiger partial charge in [-0.3, -0.25) is 4.79 Å². The molecule has 0 aliphatic rings. The van der Waals surface area contributed by atoms with Crippen molar-refractivity contribution in [3.05, 3.63) is 28.0 Å². The lowest BCUT2D eigenvalue weighted by atomic mass is 9.96. The van der Waals surface area contributed by atoms with Crippen molar-refractivity contribution in [1.82, 2.24) is 0 Å². The van der Waals surface area contributed by atoms with Crippen molar-refractivity contribution in [1.29, 1.82) is 0 Å². The molecule has 0 amide bonds. The van der Waals surface area contributed by atoms with Crippen LogP contribution in [0.5, 0.6) is 5.75 Å². The molecule has 6 heteroatoms. The van der Waals surface area contributed by atoms with Crippen LogP contribution in [0.2, 0.25) is 5.02 Å². The van der Waals surface area contributed by atoms with Crippen LogP contribution in [0.3, 0.4) is 0 Å². The number of aliphatic carboxylic acids is 1. The minimum atomic E-state index is -0.954. The molecule has 1 aromatic rings. The molecule has 1 aromatic carbocycles. The second-order valence-corrected chi connectivity index (χ2v) is 4.36. The summed E-state index contributed by atoms with van der Waals surface area (Å²) in [5.41, 5.74) is 6.64. The molecule has 0 aliphatic heterocycles. The van der Waals surface area contributed by atoms with Crippen molar-refractivity contribution >= 4 is 17.6 Å². The van der Waals surface area contributed by atoms with Gasteiger partial charge in [0.05, 0.1) is 12.1 Å². The number of rotatable bonds is 5. The normalized spacial score (nSPS) is 12.3. The lowest BCUT2D eigenvalue weighted by molar-refractivity contribution is -0.137. The third kappa shape index (κ3) is 3.11. The van der Waals surface area contributed by atoms with E-state index in [1.165, 1.54) is 7.11 Å². The molecule has 0 fully saturated rings. The summed E-state index contributed by atoms with van der Waals surface area (Å²) in [5, 5.41) is 8.75. The minimum Gasteiger partial charge on any atom is -0.495 e. The molecule has 1 rings (SSSR count). The van der Waals surface area contributed by atoms with E-state index in [0.717, 1.165) is 6.07 Å². The van der Waals surface area contributed by atoms with Gasteiger partial charge in [-0.1, -0.05) is 11.6 Å². The van der Waals surface area contributed by atoms with Crippen molar-refractivity contribution in [3.8, 4) is 5.75 Å². The first-order valence-corrected chi connectivity index (χ1v) is 5.76. The van der Waals surface area contributed by atoms with Crippen molar-refractivity contribution in [2.45, 2.75) is 25.8 Å². The molecule has 0 bridgehead atoms. The van der Waals surface area contributed by atoms with E-state index in [1.54, 1.807) is 6.92 Å². The Morgan fingerprint density at radius 1 is 1.67 bits per heavy atom. The summed E-state index contributed by atoms with van der Waals surface area (Å²) >= 11 is 5.88. The minimum absolute atomic E-state index is 0.0993. The summed E-state index contributed by atoms with van der Waals surface area (Å²) in [7, 11) is 1.41. The lowest BCUT2D eigenvalue weighted by Gasteiger charge is -2.19. The smallest absolute Gasteiger partial charge is 0.303 e. The van der Waals surface area contributed by atoms with E-state index in [1.807, 2.05) is 0 Å². The van der Waals surface area contributed by atoms with Crippen LogP contribution in [-0.4, -0.2) is 18.2 Å². The summed E-state index contributed by atoms with van der Waals surface area (Å²) in [6, 6.07) is 0.521. The molecule has 18 heavy (non-hydrogen) atoms. The van der Waals surface area contributed by atoms with Gasteiger partial charge >= 0.3 is 5.97 Å². The Labute approximate surface area is 109 Å². The third-order valence-corrected chi connectivity index (χ3v) is 3.00. The highest BCUT2D eigenvalue weighted by Gasteiger charge is 2.21. The molecule has 4 nitrogen and oxygen atoms in total. The highest BCUT2D eigenvalue weighted by Crippen LogP contribution is 2.37. The van der Waals surface area contributed by atoms with Gasteiger partial charge in [-0.05, 0) is 25.0 Å². The van der Waals surface area contributed by atoms with E-state index in [-0.39, 0.29) is 17.9 Å². The Bertz CT molecular complexity index is 465. The number of methoxy groups -OCH3 is 1. The molecule has 0 aliphatic carbocycles. The van der Waals surface area contributed by atoms with Crippen LogP contribution in [0, 0.1) is 12.7 Å². The van der Waals surface area contributed by atoms with E-state index in [4.69, 9.17) is 27.2 Å². The Kier molecular flexibility index (Phi) is 4.93. The maximum Gasteiger partial charge on any atom is 0.303 e. The fraction of sp³-hybridized carbons (Fsp3) is 0.417. The number of benzene rings is 1. The highest BCUT2D eigenvalue weighted by atomic mass is 35.5. The zero-order valence-electron chi connectivity index (χ0n) is 10.2. The summed E-state index contributed by atoms with van der Waals surface area (Å²) in [4.78, 5) is 10.5. The Morgan fingerprint density at radius 2 is 2.28 bits per heavy atom. The number of nitrogens with two attached hydrogens (primary N) is 1. The number of carbonyl (C=O) groups is 1. The van der Waals surface area contributed by atoms with Gasteiger partial charge in [-0.2, -0.15) is 0 Å². The van der Waals surface area contributed by atoms with Crippen LogP contribution in [0.1, 0.15) is 30.0 Å². The predicted octanol–water partition coefficient (Wildman–Crippen LogP) is 2.66. The molecule has 0 radical (unpaired) electrons. The number of hydrogen-bond donors (Lipinski definition) is 2.